The quantitative estimate of drug-likeness (QED) is 0.724. The van der Waals surface area contributed by atoms with Crippen molar-refractivity contribution < 1.29 is 0 Å². The highest BCUT2D eigenvalue weighted by Crippen LogP contribution is 2.17. The second-order valence-electron chi connectivity index (χ2n) is 4.17. The highest BCUT2D eigenvalue weighted by Gasteiger charge is 2.12. The number of nitrogens with two attached hydrogens (primary N) is 1. The van der Waals surface area contributed by atoms with Crippen LogP contribution in [0.5, 0.6) is 0 Å². The average molecular weight is 190 g/mol. The van der Waals surface area contributed by atoms with Crippen molar-refractivity contribution in [3.63, 3.8) is 0 Å². The SMILES string of the molecule is Cc1cc(N)ccc1CN1CCCC1. The van der Waals surface area contributed by atoms with Crippen molar-refractivity contribution in [3.8, 4) is 0 Å². The van der Waals surface area contributed by atoms with Crippen LogP contribution in [0.15, 0.2) is 18.2 Å². The van der Waals surface area contributed by atoms with Crippen LogP contribution in [0.3, 0.4) is 0 Å². The smallest absolute Gasteiger partial charge is 0.0316 e. The standard InChI is InChI=1S/C12H18N2/c1-10-8-12(13)5-4-11(10)9-14-6-2-3-7-14/h4-5,8H,2-3,6-7,9,13H2,1H3. The van der Waals surface area contributed by atoms with Gasteiger partial charge in [-0.25, -0.2) is 0 Å². The van der Waals surface area contributed by atoms with Crippen LogP contribution in [0.2, 0.25) is 0 Å². The molecular formula is C12H18N2. The third-order valence-corrected chi connectivity index (χ3v) is 2.96. The highest BCUT2D eigenvalue weighted by molar-refractivity contribution is 5.44. The van der Waals surface area contributed by atoms with Gasteiger partial charge in [-0.3, -0.25) is 4.90 Å². The molecule has 2 nitrogen and oxygen atoms in total. The molecule has 1 saturated heterocycles. The van der Waals surface area contributed by atoms with Gasteiger partial charge in [0.15, 0.2) is 0 Å². The predicted octanol–water partition coefficient (Wildman–Crippen LogP) is 2.17. The zero-order chi connectivity index (χ0) is 9.97. The van der Waals surface area contributed by atoms with E-state index in [1.807, 2.05) is 6.07 Å². The molecule has 0 aromatic heterocycles. The fourth-order valence-electron chi connectivity index (χ4n) is 2.08. The van der Waals surface area contributed by atoms with E-state index in [4.69, 9.17) is 5.73 Å². The predicted molar refractivity (Wildman–Crippen MR) is 60.1 cm³/mol. The number of anilines is 1. The number of hydrogen-bond acceptors (Lipinski definition) is 2. The van der Waals surface area contributed by atoms with Crippen LogP contribution < -0.4 is 5.73 Å². The summed E-state index contributed by atoms with van der Waals surface area (Å²) >= 11 is 0. The third kappa shape index (κ3) is 2.07. The van der Waals surface area contributed by atoms with E-state index in [2.05, 4.69) is 24.0 Å². The molecular weight excluding hydrogens is 172 g/mol. The largest absolute Gasteiger partial charge is 0.399 e. The summed E-state index contributed by atoms with van der Waals surface area (Å²) in [6.45, 7) is 5.74. The fourth-order valence-corrected chi connectivity index (χ4v) is 2.08. The van der Waals surface area contributed by atoms with Crippen LogP contribution in [-0.2, 0) is 6.54 Å². The molecule has 0 amide bonds. The molecule has 1 aromatic carbocycles. The monoisotopic (exact) mass is 190 g/mol. The number of likely N-dealkylation sites (tertiary alicyclic amines) is 1. The Morgan fingerprint density at radius 3 is 2.64 bits per heavy atom. The molecule has 1 aromatic rings. The van der Waals surface area contributed by atoms with Gasteiger partial charge in [-0.05, 0) is 56.1 Å². The van der Waals surface area contributed by atoms with E-state index in [1.165, 1.54) is 37.1 Å². The Balaban J connectivity index is 2.08. The van der Waals surface area contributed by atoms with Gasteiger partial charge < -0.3 is 5.73 Å². The molecule has 0 unspecified atom stereocenters. The Labute approximate surface area is 85.7 Å². The molecule has 2 rings (SSSR count). The molecule has 0 spiro atoms. The molecule has 1 aliphatic heterocycles. The lowest BCUT2D eigenvalue weighted by Gasteiger charge is -2.16. The minimum atomic E-state index is 0.868. The van der Waals surface area contributed by atoms with Gasteiger partial charge in [0.1, 0.15) is 0 Å². The van der Waals surface area contributed by atoms with Gasteiger partial charge >= 0.3 is 0 Å². The number of hydrogen-bond donors (Lipinski definition) is 1. The van der Waals surface area contributed by atoms with Crippen molar-refractivity contribution in [2.24, 2.45) is 0 Å². The van der Waals surface area contributed by atoms with Crippen LogP contribution >= 0.6 is 0 Å². The zero-order valence-electron chi connectivity index (χ0n) is 8.79. The molecule has 0 atom stereocenters. The van der Waals surface area contributed by atoms with Crippen LogP contribution in [-0.4, -0.2) is 18.0 Å². The van der Waals surface area contributed by atoms with Gasteiger partial charge in [-0.2, -0.15) is 0 Å². The third-order valence-electron chi connectivity index (χ3n) is 2.96. The summed E-state index contributed by atoms with van der Waals surface area (Å²) in [7, 11) is 0. The first-order chi connectivity index (χ1) is 6.75. The molecule has 0 saturated carbocycles. The second-order valence-corrected chi connectivity index (χ2v) is 4.17. The second kappa shape index (κ2) is 4.01. The van der Waals surface area contributed by atoms with Gasteiger partial charge in [0.05, 0.1) is 0 Å². The Hall–Kier alpha value is -1.02. The summed E-state index contributed by atoms with van der Waals surface area (Å²) in [6.07, 6.45) is 2.71. The van der Waals surface area contributed by atoms with E-state index in [0.29, 0.717) is 0 Å². The van der Waals surface area contributed by atoms with Gasteiger partial charge in [-0.1, -0.05) is 6.07 Å². The normalized spacial score (nSPS) is 17.5. The highest BCUT2D eigenvalue weighted by atomic mass is 15.1. The zero-order valence-corrected chi connectivity index (χ0v) is 8.79. The van der Waals surface area contributed by atoms with Crippen LogP contribution in [0.1, 0.15) is 24.0 Å². The minimum Gasteiger partial charge on any atom is -0.399 e. The molecule has 1 heterocycles. The molecule has 1 fully saturated rings. The van der Waals surface area contributed by atoms with Crippen LogP contribution in [0.4, 0.5) is 5.69 Å². The van der Waals surface area contributed by atoms with E-state index in [9.17, 15) is 0 Å². The van der Waals surface area contributed by atoms with E-state index >= 15 is 0 Å². The molecule has 2 N–H and O–H groups in total. The first kappa shape index (κ1) is 9.53. The maximum Gasteiger partial charge on any atom is 0.0316 e. The summed E-state index contributed by atoms with van der Waals surface area (Å²) in [4.78, 5) is 2.51. The van der Waals surface area contributed by atoms with Crippen molar-refractivity contribution in [1.82, 2.24) is 4.90 Å². The van der Waals surface area contributed by atoms with Gasteiger partial charge in [0.25, 0.3) is 0 Å². The topological polar surface area (TPSA) is 29.3 Å². The minimum absolute atomic E-state index is 0.868. The summed E-state index contributed by atoms with van der Waals surface area (Å²) in [5.74, 6) is 0. The van der Waals surface area contributed by atoms with Crippen molar-refractivity contribution in [2.75, 3.05) is 18.8 Å². The summed E-state index contributed by atoms with van der Waals surface area (Å²) < 4.78 is 0. The number of rotatable bonds is 2. The van der Waals surface area contributed by atoms with E-state index < -0.39 is 0 Å². The number of nitrogens with zero attached hydrogens (tertiary/aromatic N) is 1. The molecule has 2 heteroatoms. The van der Waals surface area contributed by atoms with Crippen LogP contribution in [0.25, 0.3) is 0 Å². The van der Waals surface area contributed by atoms with Gasteiger partial charge in [0.2, 0.25) is 0 Å². The average Bonchev–Trinajstić information content (AvgIpc) is 2.62. The molecule has 14 heavy (non-hydrogen) atoms. The van der Waals surface area contributed by atoms with Crippen LogP contribution in [0, 0.1) is 6.92 Å². The number of aryl methyl sites for hydroxylation is 1. The summed E-state index contributed by atoms with van der Waals surface area (Å²) in [5, 5.41) is 0. The molecule has 0 radical (unpaired) electrons. The molecule has 1 aliphatic rings. The fraction of sp³-hybridized carbons (Fsp3) is 0.500. The van der Waals surface area contributed by atoms with Gasteiger partial charge in [0, 0.05) is 12.2 Å². The lowest BCUT2D eigenvalue weighted by molar-refractivity contribution is 0.331. The van der Waals surface area contributed by atoms with E-state index in [-0.39, 0.29) is 0 Å². The van der Waals surface area contributed by atoms with Crippen molar-refractivity contribution in [3.05, 3.63) is 29.3 Å². The van der Waals surface area contributed by atoms with Crippen molar-refractivity contribution >= 4 is 5.69 Å². The summed E-state index contributed by atoms with van der Waals surface area (Å²) in [6, 6.07) is 6.22. The van der Waals surface area contributed by atoms with Crippen molar-refractivity contribution in [2.45, 2.75) is 26.3 Å². The molecule has 0 bridgehead atoms. The molecule has 76 valence electrons. The maximum absolute atomic E-state index is 5.72. The van der Waals surface area contributed by atoms with E-state index in [0.717, 1.165) is 12.2 Å². The lowest BCUT2D eigenvalue weighted by atomic mass is 10.1. The van der Waals surface area contributed by atoms with E-state index in [1.54, 1.807) is 0 Å². The van der Waals surface area contributed by atoms with Crippen molar-refractivity contribution in [1.29, 1.82) is 0 Å². The lowest BCUT2D eigenvalue weighted by Crippen LogP contribution is -2.18. The number of benzene rings is 1. The summed E-state index contributed by atoms with van der Waals surface area (Å²) in [5.41, 5.74) is 9.32. The Kier molecular flexibility index (Phi) is 2.73. The maximum atomic E-state index is 5.72. The number of nitrogen functional groups attached to an aromatic ring is 1. The first-order valence-corrected chi connectivity index (χ1v) is 5.33. The van der Waals surface area contributed by atoms with Gasteiger partial charge in [-0.15, -0.1) is 0 Å². The molecule has 0 aliphatic carbocycles. The first-order valence-electron chi connectivity index (χ1n) is 5.33. The Morgan fingerprint density at radius 1 is 1.29 bits per heavy atom. The Bertz CT molecular complexity index is 314. The Morgan fingerprint density at radius 2 is 2.00 bits per heavy atom.